The van der Waals surface area contributed by atoms with Gasteiger partial charge in [0.05, 0.1) is 34.4 Å². The zero-order chi connectivity index (χ0) is 29.2. The van der Waals surface area contributed by atoms with Gasteiger partial charge >= 0.3 is 0 Å². The Kier molecular flexibility index (Phi) is 12.3. The highest BCUT2D eigenvalue weighted by atomic mass is 35.5. The van der Waals surface area contributed by atoms with E-state index in [-0.39, 0.29) is 35.9 Å². The molecule has 1 aromatic heterocycles. The van der Waals surface area contributed by atoms with Crippen molar-refractivity contribution in [2.75, 3.05) is 46.1 Å². The summed E-state index contributed by atoms with van der Waals surface area (Å²) in [6, 6.07) is 5.38. The van der Waals surface area contributed by atoms with Crippen molar-refractivity contribution in [1.82, 2.24) is 15.2 Å². The van der Waals surface area contributed by atoms with Crippen LogP contribution in [0.2, 0.25) is 5.02 Å². The maximum atomic E-state index is 13.8. The lowest BCUT2D eigenvalue weighted by Crippen LogP contribution is -2.46. The minimum Gasteiger partial charge on any atom is -0.381 e. The average Bonchev–Trinajstić information content (AvgIpc) is 3.37. The highest BCUT2D eigenvalue weighted by molar-refractivity contribution is 7.18. The second-order valence-corrected chi connectivity index (χ2v) is 12.7. The number of ether oxygens (including phenoxy) is 2. The number of thiazole rings is 1. The fraction of sp³-hybridized carbons (Fsp3) is 0.613. The van der Waals surface area contributed by atoms with Gasteiger partial charge in [-0.05, 0) is 49.8 Å². The summed E-state index contributed by atoms with van der Waals surface area (Å²) >= 11 is 7.67. The van der Waals surface area contributed by atoms with Crippen molar-refractivity contribution in [3.8, 4) is 0 Å². The molecular formula is C31H42ClN3O5S. The number of fused-ring (bicyclic) bond motifs is 1. The number of Topliss-reactive ketones (excluding diaryl/α,β-unsaturated/α-hetero) is 2. The molecule has 0 saturated carbocycles. The number of morpholine rings is 1. The van der Waals surface area contributed by atoms with Crippen LogP contribution in [0, 0.1) is 11.8 Å². The molecule has 2 aliphatic heterocycles. The highest BCUT2D eigenvalue weighted by Gasteiger charge is 2.30. The third kappa shape index (κ3) is 9.68. The summed E-state index contributed by atoms with van der Waals surface area (Å²) < 4.78 is 11.9. The number of carbonyl (C=O) groups is 3. The average molecular weight is 604 g/mol. The second kappa shape index (κ2) is 15.9. The second-order valence-electron chi connectivity index (χ2n) is 11.1. The van der Waals surface area contributed by atoms with E-state index >= 15 is 0 Å². The molecule has 2 saturated heterocycles. The van der Waals surface area contributed by atoms with Crippen LogP contribution in [0.4, 0.5) is 0 Å². The topological polar surface area (TPSA) is 97.8 Å². The van der Waals surface area contributed by atoms with E-state index < -0.39 is 5.92 Å². The van der Waals surface area contributed by atoms with Crippen LogP contribution in [0.3, 0.4) is 0 Å². The zero-order valence-corrected chi connectivity index (χ0v) is 25.6. The van der Waals surface area contributed by atoms with Crippen molar-refractivity contribution < 1.29 is 23.9 Å². The molecular weight excluding hydrogens is 562 g/mol. The molecule has 0 bridgehead atoms. The molecule has 0 unspecified atom stereocenters. The maximum Gasteiger partial charge on any atom is 0.224 e. The number of nitrogens with one attached hydrogen (secondary N) is 1. The van der Waals surface area contributed by atoms with E-state index in [1.807, 2.05) is 19.1 Å². The zero-order valence-electron chi connectivity index (χ0n) is 24.0. The van der Waals surface area contributed by atoms with Crippen LogP contribution < -0.4 is 5.32 Å². The van der Waals surface area contributed by atoms with Gasteiger partial charge < -0.3 is 14.8 Å². The van der Waals surface area contributed by atoms with Crippen molar-refractivity contribution in [3.05, 3.63) is 40.4 Å². The third-order valence-corrected chi connectivity index (χ3v) is 9.22. The van der Waals surface area contributed by atoms with Crippen LogP contribution in [0.5, 0.6) is 0 Å². The quantitative estimate of drug-likeness (QED) is 0.286. The summed E-state index contributed by atoms with van der Waals surface area (Å²) in [5, 5.41) is 4.72. The SMILES string of the molecule is C=C(CN1CCOCC1)C(=O)CC[C@@H](NC(=O)[C@@H](CC(=O)CCC)Cc1nc2ccc(Cl)cc2s1)C1CCOCC1. The predicted molar refractivity (Wildman–Crippen MR) is 162 cm³/mol. The number of hydrogen-bond donors (Lipinski definition) is 1. The number of nitrogens with zero attached hydrogens (tertiary/aromatic N) is 2. The summed E-state index contributed by atoms with van der Waals surface area (Å²) in [7, 11) is 0. The third-order valence-electron chi connectivity index (χ3n) is 7.95. The molecule has 0 radical (unpaired) electrons. The summed E-state index contributed by atoms with van der Waals surface area (Å²) in [6.07, 6.45) is 4.25. The van der Waals surface area contributed by atoms with E-state index in [0.717, 1.165) is 47.6 Å². The van der Waals surface area contributed by atoms with Crippen molar-refractivity contribution in [2.45, 2.75) is 64.3 Å². The molecule has 1 aromatic carbocycles. The molecule has 8 nitrogen and oxygen atoms in total. The van der Waals surface area contributed by atoms with Crippen molar-refractivity contribution >= 4 is 50.6 Å². The number of benzene rings is 1. The Hall–Kier alpha value is -2.17. The molecule has 10 heteroatoms. The fourth-order valence-electron chi connectivity index (χ4n) is 5.58. The number of halogens is 1. The van der Waals surface area contributed by atoms with Gasteiger partial charge in [-0.1, -0.05) is 25.1 Å². The lowest BCUT2D eigenvalue weighted by atomic mass is 9.86. The number of ketones is 2. The van der Waals surface area contributed by atoms with Gasteiger partial charge in [0.15, 0.2) is 5.78 Å². The van der Waals surface area contributed by atoms with Crippen LogP contribution in [0.1, 0.15) is 56.9 Å². The highest BCUT2D eigenvalue weighted by Crippen LogP contribution is 2.29. The maximum absolute atomic E-state index is 13.8. The lowest BCUT2D eigenvalue weighted by Gasteiger charge is -2.32. The van der Waals surface area contributed by atoms with Gasteiger partial charge in [-0.3, -0.25) is 19.3 Å². The number of rotatable bonds is 15. The summed E-state index contributed by atoms with van der Waals surface area (Å²) in [5.41, 5.74) is 1.44. The lowest BCUT2D eigenvalue weighted by molar-refractivity contribution is -0.130. The number of carbonyl (C=O) groups excluding carboxylic acids is 3. The Morgan fingerprint density at radius 1 is 1.15 bits per heavy atom. The van der Waals surface area contributed by atoms with E-state index in [9.17, 15) is 14.4 Å². The van der Waals surface area contributed by atoms with Gasteiger partial charge in [-0.25, -0.2) is 4.98 Å². The standard InChI is InChI=1S/C31H42ClN3O5S/c1-3-4-25(36)17-23(18-30-33-27-6-5-24(32)19-29(27)41-30)31(38)34-26(22-9-13-39-14-10-22)7-8-28(37)21(2)20-35-11-15-40-16-12-35/h5-6,19,22-23,26H,2-4,7-18,20H2,1H3,(H,34,38)/t23-,26+/m0/s1. The Balaban J connectivity index is 1.43. The molecule has 2 aliphatic rings. The first-order valence-corrected chi connectivity index (χ1v) is 16.0. The first kappa shape index (κ1) is 31.8. The first-order valence-electron chi connectivity index (χ1n) is 14.8. The van der Waals surface area contributed by atoms with Gasteiger partial charge in [0.25, 0.3) is 0 Å². The van der Waals surface area contributed by atoms with Gasteiger partial charge in [0, 0.05) is 75.2 Å². The largest absolute Gasteiger partial charge is 0.381 e. The summed E-state index contributed by atoms with van der Waals surface area (Å²) in [4.78, 5) is 46.4. The van der Waals surface area contributed by atoms with Crippen molar-refractivity contribution in [1.29, 1.82) is 0 Å². The summed E-state index contributed by atoms with van der Waals surface area (Å²) in [6.45, 7) is 10.8. The van der Waals surface area contributed by atoms with Crippen LogP contribution in [0.25, 0.3) is 10.2 Å². The van der Waals surface area contributed by atoms with E-state index in [1.54, 1.807) is 6.07 Å². The van der Waals surface area contributed by atoms with Crippen molar-refractivity contribution in [3.63, 3.8) is 0 Å². The van der Waals surface area contributed by atoms with E-state index in [2.05, 4.69) is 16.8 Å². The molecule has 2 fully saturated rings. The number of hydrogen-bond acceptors (Lipinski definition) is 8. The molecule has 2 aromatic rings. The number of aromatic nitrogens is 1. The Bertz CT molecular complexity index is 1210. The first-order chi connectivity index (χ1) is 19.8. The molecule has 4 rings (SSSR count). The minimum atomic E-state index is -0.528. The fourth-order valence-corrected chi connectivity index (χ4v) is 6.91. The van der Waals surface area contributed by atoms with Crippen LogP contribution in [-0.4, -0.2) is 79.5 Å². The summed E-state index contributed by atoms with van der Waals surface area (Å²) in [5.74, 6) is -0.355. The van der Waals surface area contributed by atoms with Gasteiger partial charge in [0.2, 0.25) is 5.91 Å². The monoisotopic (exact) mass is 603 g/mol. The molecule has 0 spiro atoms. The Labute approximate surface area is 251 Å². The van der Waals surface area contributed by atoms with E-state index in [4.69, 9.17) is 26.1 Å². The molecule has 3 heterocycles. The van der Waals surface area contributed by atoms with Gasteiger partial charge in [0.1, 0.15) is 5.78 Å². The molecule has 1 amide bonds. The van der Waals surface area contributed by atoms with Gasteiger partial charge in [-0.2, -0.15) is 0 Å². The van der Waals surface area contributed by atoms with Crippen molar-refractivity contribution in [2.24, 2.45) is 11.8 Å². The van der Waals surface area contributed by atoms with E-state index in [0.29, 0.717) is 69.3 Å². The number of amides is 1. The smallest absolute Gasteiger partial charge is 0.224 e. The molecule has 2 atom stereocenters. The van der Waals surface area contributed by atoms with Crippen LogP contribution >= 0.6 is 22.9 Å². The Morgan fingerprint density at radius 3 is 2.61 bits per heavy atom. The molecule has 0 aliphatic carbocycles. The molecule has 224 valence electrons. The van der Waals surface area contributed by atoms with E-state index in [1.165, 1.54) is 11.3 Å². The van der Waals surface area contributed by atoms with Crippen LogP contribution in [0.15, 0.2) is 30.4 Å². The molecule has 1 N–H and O–H groups in total. The molecule has 41 heavy (non-hydrogen) atoms. The Morgan fingerprint density at radius 2 is 1.88 bits per heavy atom. The predicted octanol–water partition coefficient (Wildman–Crippen LogP) is 5.02. The normalized spacial score (nSPS) is 18.2. The van der Waals surface area contributed by atoms with Crippen LogP contribution in [-0.2, 0) is 30.3 Å². The minimum absolute atomic E-state index is 0.0330. The van der Waals surface area contributed by atoms with Gasteiger partial charge in [-0.15, -0.1) is 11.3 Å².